The van der Waals surface area contributed by atoms with Gasteiger partial charge in [-0.2, -0.15) is 17.6 Å². The quantitative estimate of drug-likeness (QED) is 0.823. The number of anilines is 1. The van der Waals surface area contributed by atoms with Gasteiger partial charge in [-0.1, -0.05) is 12.1 Å². The van der Waals surface area contributed by atoms with Crippen molar-refractivity contribution < 1.29 is 9.53 Å². The Morgan fingerprint density at radius 2 is 2.16 bits per heavy atom. The fourth-order valence-electron chi connectivity index (χ4n) is 1.64. The molecule has 0 fully saturated rings. The number of nitrogens with one attached hydrogen (secondary N) is 1. The molecule has 6 heteroatoms. The van der Waals surface area contributed by atoms with Crippen LogP contribution in [0.3, 0.4) is 0 Å². The van der Waals surface area contributed by atoms with Crippen molar-refractivity contribution in [3.8, 4) is 5.88 Å². The lowest BCUT2D eigenvalue weighted by molar-refractivity contribution is -0.115. The highest BCUT2D eigenvalue weighted by atomic mass is 32.1. The summed E-state index contributed by atoms with van der Waals surface area (Å²) >= 11 is 4.01. The van der Waals surface area contributed by atoms with Gasteiger partial charge in [0.2, 0.25) is 17.7 Å². The van der Waals surface area contributed by atoms with Crippen LogP contribution >= 0.6 is 12.6 Å². The highest BCUT2D eigenvalue weighted by Crippen LogP contribution is 2.23. The Balaban J connectivity index is 2.37. The van der Waals surface area contributed by atoms with Crippen molar-refractivity contribution in [2.75, 3.05) is 17.7 Å². The van der Waals surface area contributed by atoms with Crippen molar-refractivity contribution in [2.45, 2.75) is 13.3 Å². The summed E-state index contributed by atoms with van der Waals surface area (Å²) in [5, 5.41) is 3.47. The van der Waals surface area contributed by atoms with Crippen LogP contribution in [0.2, 0.25) is 0 Å². The molecule has 5 nitrogen and oxygen atoms in total. The summed E-state index contributed by atoms with van der Waals surface area (Å²) in [6, 6.07) is 7.52. The lowest BCUT2D eigenvalue weighted by atomic mass is 10.2. The molecule has 0 unspecified atom stereocenters. The zero-order valence-electron chi connectivity index (χ0n) is 10.6. The summed E-state index contributed by atoms with van der Waals surface area (Å²) in [4.78, 5) is 20.1. The molecule has 0 atom stereocenters. The number of fused-ring (bicyclic) bond motifs is 1. The average molecular weight is 277 g/mol. The first kappa shape index (κ1) is 13.6. The number of aromatic nitrogens is 2. The van der Waals surface area contributed by atoms with Crippen LogP contribution in [0.15, 0.2) is 24.3 Å². The molecule has 0 saturated carbocycles. The third-order valence-corrected chi connectivity index (χ3v) is 2.66. The molecule has 100 valence electrons. The lowest BCUT2D eigenvalue weighted by Crippen LogP contribution is -2.14. The Labute approximate surface area is 116 Å². The van der Waals surface area contributed by atoms with Crippen LogP contribution in [0, 0.1) is 0 Å². The Hall–Kier alpha value is -1.82. The minimum absolute atomic E-state index is 0.160. The second-order valence-electron chi connectivity index (χ2n) is 3.82. The summed E-state index contributed by atoms with van der Waals surface area (Å²) < 4.78 is 5.48. The molecular formula is C13H15N3O2S. The minimum Gasteiger partial charge on any atom is -0.477 e. The number of carbonyl (C=O) groups is 1. The number of hydrogen-bond donors (Lipinski definition) is 2. The van der Waals surface area contributed by atoms with Crippen LogP contribution in [0.1, 0.15) is 13.3 Å². The van der Waals surface area contributed by atoms with E-state index in [-0.39, 0.29) is 11.9 Å². The van der Waals surface area contributed by atoms with E-state index >= 15 is 0 Å². The van der Waals surface area contributed by atoms with Gasteiger partial charge in [0.05, 0.1) is 17.5 Å². The van der Waals surface area contributed by atoms with Gasteiger partial charge in [-0.25, -0.2) is 4.98 Å². The molecule has 2 aromatic rings. The predicted octanol–water partition coefficient (Wildman–Crippen LogP) is 2.29. The Morgan fingerprint density at radius 1 is 1.37 bits per heavy atom. The molecule has 19 heavy (non-hydrogen) atoms. The fourth-order valence-corrected chi connectivity index (χ4v) is 1.84. The molecule has 0 aliphatic carbocycles. The summed E-state index contributed by atoms with van der Waals surface area (Å²) in [7, 11) is 0. The maximum atomic E-state index is 11.5. The van der Waals surface area contributed by atoms with Crippen molar-refractivity contribution in [3.05, 3.63) is 24.3 Å². The van der Waals surface area contributed by atoms with Crippen molar-refractivity contribution >= 4 is 35.4 Å². The largest absolute Gasteiger partial charge is 0.477 e. The molecule has 0 saturated heterocycles. The monoisotopic (exact) mass is 277 g/mol. The molecule has 0 aliphatic rings. The van der Waals surface area contributed by atoms with E-state index in [1.165, 1.54) is 0 Å². The summed E-state index contributed by atoms with van der Waals surface area (Å²) in [5.74, 6) is 1.06. The number of ether oxygens (including phenoxy) is 1. The molecule has 1 aromatic carbocycles. The van der Waals surface area contributed by atoms with Gasteiger partial charge in [0.25, 0.3) is 0 Å². The van der Waals surface area contributed by atoms with E-state index in [1.54, 1.807) is 0 Å². The van der Waals surface area contributed by atoms with Gasteiger partial charge in [0, 0.05) is 6.42 Å². The predicted molar refractivity (Wildman–Crippen MR) is 77.8 cm³/mol. The number of nitrogens with zero attached hydrogens (tertiary/aromatic N) is 2. The molecular weight excluding hydrogens is 262 g/mol. The third kappa shape index (κ3) is 3.35. The molecule has 0 bridgehead atoms. The van der Waals surface area contributed by atoms with E-state index in [1.807, 2.05) is 31.2 Å². The fraction of sp³-hybridized carbons (Fsp3) is 0.308. The van der Waals surface area contributed by atoms with Crippen LogP contribution in [0.4, 0.5) is 5.95 Å². The van der Waals surface area contributed by atoms with Crippen molar-refractivity contribution in [3.63, 3.8) is 0 Å². The zero-order valence-corrected chi connectivity index (χ0v) is 11.5. The molecule has 1 N–H and O–H groups in total. The summed E-state index contributed by atoms with van der Waals surface area (Å²) in [5.41, 5.74) is 0.738. The van der Waals surface area contributed by atoms with Gasteiger partial charge in [-0.3, -0.25) is 10.1 Å². The van der Waals surface area contributed by atoms with Gasteiger partial charge < -0.3 is 4.74 Å². The molecule has 2 rings (SSSR count). The first-order valence-corrected chi connectivity index (χ1v) is 6.68. The molecule has 0 radical (unpaired) electrons. The van der Waals surface area contributed by atoms with Crippen molar-refractivity contribution in [2.24, 2.45) is 0 Å². The first-order valence-electron chi connectivity index (χ1n) is 6.05. The van der Waals surface area contributed by atoms with Gasteiger partial charge >= 0.3 is 0 Å². The maximum absolute atomic E-state index is 11.5. The number of amides is 1. The maximum Gasteiger partial charge on any atom is 0.233 e. The van der Waals surface area contributed by atoms with Gasteiger partial charge in [-0.15, -0.1) is 0 Å². The smallest absolute Gasteiger partial charge is 0.233 e. The minimum atomic E-state index is -0.160. The number of para-hydroxylation sites is 1. The van der Waals surface area contributed by atoms with Gasteiger partial charge in [0.15, 0.2) is 0 Å². The average Bonchev–Trinajstić information content (AvgIpc) is 2.39. The van der Waals surface area contributed by atoms with Crippen LogP contribution in [-0.2, 0) is 4.79 Å². The normalized spacial score (nSPS) is 10.4. The Bertz CT molecular complexity index is 589. The molecule has 1 heterocycles. The molecule has 1 amide bonds. The van der Waals surface area contributed by atoms with Crippen LogP contribution in [-0.4, -0.2) is 28.2 Å². The highest BCUT2D eigenvalue weighted by Gasteiger charge is 2.10. The number of hydrogen-bond acceptors (Lipinski definition) is 5. The van der Waals surface area contributed by atoms with Crippen molar-refractivity contribution in [1.29, 1.82) is 0 Å². The molecule has 0 aliphatic heterocycles. The van der Waals surface area contributed by atoms with Crippen LogP contribution < -0.4 is 10.1 Å². The molecule has 0 spiro atoms. The van der Waals surface area contributed by atoms with E-state index in [0.29, 0.717) is 24.7 Å². The Kier molecular flexibility index (Phi) is 4.57. The topological polar surface area (TPSA) is 64.1 Å². The number of rotatable bonds is 5. The lowest BCUT2D eigenvalue weighted by Gasteiger charge is -2.09. The number of benzene rings is 1. The first-order chi connectivity index (χ1) is 9.24. The van der Waals surface area contributed by atoms with Crippen LogP contribution in [0.25, 0.3) is 10.9 Å². The summed E-state index contributed by atoms with van der Waals surface area (Å²) in [6.45, 7) is 2.39. The Morgan fingerprint density at radius 3 is 2.89 bits per heavy atom. The highest BCUT2D eigenvalue weighted by molar-refractivity contribution is 7.80. The standard InChI is InChI=1S/C13H15N3O2S/c1-2-18-12-9-5-3-4-6-10(9)14-13(16-12)15-11(17)7-8-19/h3-6,19H,2,7-8H2,1H3,(H,14,15,16,17). The zero-order chi connectivity index (χ0) is 13.7. The summed E-state index contributed by atoms with van der Waals surface area (Å²) in [6.07, 6.45) is 0.323. The second kappa shape index (κ2) is 6.38. The van der Waals surface area contributed by atoms with Gasteiger partial charge in [-0.05, 0) is 24.8 Å². The second-order valence-corrected chi connectivity index (χ2v) is 4.27. The van der Waals surface area contributed by atoms with E-state index in [4.69, 9.17) is 4.74 Å². The van der Waals surface area contributed by atoms with Gasteiger partial charge in [0.1, 0.15) is 0 Å². The van der Waals surface area contributed by atoms with Crippen molar-refractivity contribution in [1.82, 2.24) is 9.97 Å². The SMILES string of the molecule is CCOc1nc(NC(=O)CCS)nc2ccccc12. The third-order valence-electron chi connectivity index (χ3n) is 2.44. The van der Waals surface area contributed by atoms with E-state index < -0.39 is 0 Å². The van der Waals surface area contributed by atoms with Crippen LogP contribution in [0.5, 0.6) is 5.88 Å². The van der Waals surface area contributed by atoms with E-state index in [2.05, 4.69) is 27.9 Å². The number of carbonyl (C=O) groups excluding carboxylic acids is 1. The molecule has 1 aromatic heterocycles. The van der Waals surface area contributed by atoms with E-state index in [9.17, 15) is 4.79 Å². The number of thiol groups is 1. The van der Waals surface area contributed by atoms with E-state index in [0.717, 1.165) is 10.9 Å².